The lowest BCUT2D eigenvalue weighted by Crippen LogP contribution is -2.33. The number of aromatic amines is 1. The number of hydrogen-bond donors (Lipinski definition) is 5. The molecule has 1 fully saturated rings. The van der Waals surface area contributed by atoms with Crippen LogP contribution < -0.4 is 16.9 Å². The Morgan fingerprint density at radius 1 is 1.36 bits per heavy atom. The van der Waals surface area contributed by atoms with Crippen LogP contribution in [0.5, 0.6) is 0 Å². The van der Waals surface area contributed by atoms with Crippen molar-refractivity contribution in [3.05, 3.63) is 27.0 Å². The van der Waals surface area contributed by atoms with Gasteiger partial charge in [-0.25, -0.2) is 4.98 Å². The number of aromatic nitrogens is 4. The largest absolute Gasteiger partial charge is 0.394 e. The molecule has 11 heteroatoms. The van der Waals surface area contributed by atoms with E-state index in [2.05, 4.69) is 15.0 Å². The van der Waals surface area contributed by atoms with Gasteiger partial charge in [0.25, 0.3) is 5.56 Å². The van der Waals surface area contributed by atoms with Crippen molar-refractivity contribution in [1.29, 1.82) is 0 Å². The summed E-state index contributed by atoms with van der Waals surface area (Å²) in [6, 6.07) is 0. The van der Waals surface area contributed by atoms with E-state index in [1.807, 2.05) is 0 Å². The highest BCUT2D eigenvalue weighted by Gasteiger charge is 2.44. The van der Waals surface area contributed by atoms with Crippen molar-refractivity contribution in [2.24, 2.45) is 0 Å². The summed E-state index contributed by atoms with van der Waals surface area (Å²) >= 11 is 0. The number of ether oxygens (including phenoxy) is 1. The van der Waals surface area contributed by atoms with Gasteiger partial charge in [-0.3, -0.25) is 19.1 Å². The number of fused-ring (bicyclic) bond motifs is 1. The molecule has 0 aromatic carbocycles. The van der Waals surface area contributed by atoms with Gasteiger partial charge in [-0.2, -0.15) is 4.98 Å². The first-order valence-electron chi connectivity index (χ1n) is 6.33. The number of aliphatic hydroxyl groups is 3. The van der Waals surface area contributed by atoms with Crippen LogP contribution in [-0.4, -0.2) is 59.8 Å². The number of nitrogens with zero attached hydrogens (tertiary/aromatic N) is 3. The van der Waals surface area contributed by atoms with Gasteiger partial charge in [-0.15, -0.1) is 0 Å². The SMILES string of the molecule is Nc1nc(=O)c2ncn([C@H]3O[C@H](CO)[C@@H](O)[C@H]3O)c2c(=O)[nH]1. The molecule has 0 radical (unpaired) electrons. The lowest BCUT2D eigenvalue weighted by atomic mass is 10.1. The molecule has 1 aliphatic heterocycles. The normalized spacial score (nSPS) is 28.3. The van der Waals surface area contributed by atoms with E-state index < -0.39 is 42.3 Å². The molecule has 1 aliphatic rings. The molecule has 2 aromatic heterocycles. The van der Waals surface area contributed by atoms with Crippen LogP contribution in [0.4, 0.5) is 5.95 Å². The predicted molar refractivity (Wildman–Crippen MR) is 71.8 cm³/mol. The summed E-state index contributed by atoms with van der Waals surface area (Å²) in [7, 11) is 0. The number of H-pyrrole nitrogens is 1. The van der Waals surface area contributed by atoms with Crippen molar-refractivity contribution >= 4 is 17.0 Å². The van der Waals surface area contributed by atoms with E-state index in [4.69, 9.17) is 15.6 Å². The number of aliphatic hydroxyl groups excluding tert-OH is 3. The van der Waals surface area contributed by atoms with Crippen LogP contribution in [0, 0.1) is 0 Å². The number of nitrogens with two attached hydrogens (primary N) is 1. The third-order valence-electron chi connectivity index (χ3n) is 3.47. The number of imidazole rings is 1. The molecule has 6 N–H and O–H groups in total. The van der Waals surface area contributed by atoms with Gasteiger partial charge in [-0.05, 0) is 0 Å². The van der Waals surface area contributed by atoms with Crippen molar-refractivity contribution in [2.75, 3.05) is 12.3 Å². The third-order valence-corrected chi connectivity index (χ3v) is 3.47. The maximum absolute atomic E-state index is 12.1. The summed E-state index contributed by atoms with van der Waals surface area (Å²) in [5.74, 6) is -0.374. The number of hydrogen-bond acceptors (Lipinski definition) is 9. The van der Waals surface area contributed by atoms with E-state index in [1.54, 1.807) is 0 Å². The summed E-state index contributed by atoms with van der Waals surface area (Å²) in [6.45, 7) is -0.521. The monoisotopic (exact) mass is 311 g/mol. The molecule has 0 bridgehead atoms. The van der Waals surface area contributed by atoms with Gasteiger partial charge < -0.3 is 25.8 Å². The van der Waals surface area contributed by atoms with Crippen molar-refractivity contribution in [1.82, 2.24) is 19.5 Å². The fraction of sp³-hybridized carbons (Fsp3) is 0.455. The Labute approximate surface area is 121 Å². The quantitative estimate of drug-likeness (QED) is 0.379. The number of rotatable bonds is 2. The number of anilines is 1. The lowest BCUT2D eigenvalue weighted by Gasteiger charge is -2.16. The molecular weight excluding hydrogens is 298 g/mol. The van der Waals surface area contributed by atoms with Gasteiger partial charge in [-0.1, -0.05) is 0 Å². The highest BCUT2D eigenvalue weighted by Crippen LogP contribution is 2.30. The summed E-state index contributed by atoms with van der Waals surface area (Å²) in [6.07, 6.45) is -3.87. The highest BCUT2D eigenvalue weighted by atomic mass is 16.6. The van der Waals surface area contributed by atoms with Gasteiger partial charge in [0, 0.05) is 0 Å². The molecule has 0 amide bonds. The lowest BCUT2D eigenvalue weighted by molar-refractivity contribution is -0.0509. The third kappa shape index (κ3) is 2.07. The van der Waals surface area contributed by atoms with E-state index in [1.165, 1.54) is 0 Å². The van der Waals surface area contributed by atoms with Crippen molar-refractivity contribution in [3.63, 3.8) is 0 Å². The fourth-order valence-corrected chi connectivity index (χ4v) is 2.41. The first kappa shape index (κ1) is 14.6. The molecule has 11 nitrogen and oxygen atoms in total. The summed E-state index contributed by atoms with van der Waals surface area (Å²) < 4.78 is 6.41. The molecule has 2 aromatic rings. The molecule has 1 saturated heterocycles. The molecule has 22 heavy (non-hydrogen) atoms. The van der Waals surface area contributed by atoms with Crippen LogP contribution in [0.15, 0.2) is 15.9 Å². The average Bonchev–Trinajstić information content (AvgIpc) is 2.98. The first-order chi connectivity index (χ1) is 10.4. The van der Waals surface area contributed by atoms with Gasteiger partial charge in [0.1, 0.15) is 23.8 Å². The highest BCUT2D eigenvalue weighted by molar-refractivity contribution is 5.72. The Bertz CT molecular complexity index is 832. The van der Waals surface area contributed by atoms with E-state index >= 15 is 0 Å². The summed E-state index contributed by atoms with van der Waals surface area (Å²) in [5.41, 5.74) is 3.32. The van der Waals surface area contributed by atoms with E-state index in [-0.39, 0.29) is 17.0 Å². The second-order valence-corrected chi connectivity index (χ2v) is 4.83. The van der Waals surface area contributed by atoms with Crippen LogP contribution in [0.1, 0.15) is 6.23 Å². The Kier molecular flexibility index (Phi) is 3.41. The zero-order chi connectivity index (χ0) is 16.0. The van der Waals surface area contributed by atoms with Crippen LogP contribution in [0.25, 0.3) is 11.0 Å². The molecule has 4 atom stereocenters. The van der Waals surface area contributed by atoms with E-state index in [0.717, 1.165) is 10.9 Å². The Morgan fingerprint density at radius 3 is 2.73 bits per heavy atom. The van der Waals surface area contributed by atoms with Gasteiger partial charge in [0.2, 0.25) is 5.95 Å². The Balaban J connectivity index is 2.22. The summed E-state index contributed by atoms with van der Waals surface area (Å²) in [5, 5.41) is 28.9. The van der Waals surface area contributed by atoms with Gasteiger partial charge >= 0.3 is 5.56 Å². The minimum absolute atomic E-state index is 0.205. The second kappa shape index (κ2) is 5.14. The molecule has 0 saturated carbocycles. The van der Waals surface area contributed by atoms with E-state index in [0.29, 0.717) is 0 Å². The molecule has 0 aliphatic carbocycles. The Morgan fingerprint density at radius 2 is 2.09 bits per heavy atom. The fourth-order valence-electron chi connectivity index (χ4n) is 2.41. The van der Waals surface area contributed by atoms with Gasteiger partial charge in [0.05, 0.1) is 12.9 Å². The van der Waals surface area contributed by atoms with Crippen LogP contribution in [0.3, 0.4) is 0 Å². The molecule has 0 unspecified atom stereocenters. The van der Waals surface area contributed by atoms with Gasteiger partial charge in [0.15, 0.2) is 11.7 Å². The van der Waals surface area contributed by atoms with Crippen LogP contribution in [-0.2, 0) is 4.74 Å². The Hall–Kier alpha value is -2.34. The summed E-state index contributed by atoms with van der Waals surface area (Å²) in [4.78, 5) is 33.3. The number of nitrogen functional groups attached to an aromatic ring is 1. The molecule has 3 rings (SSSR count). The predicted octanol–water partition coefficient (Wildman–Crippen LogP) is -3.33. The van der Waals surface area contributed by atoms with Crippen LogP contribution in [0.2, 0.25) is 0 Å². The minimum atomic E-state index is -1.42. The standard InChI is InChI=1S/C11H13N5O6/c12-11-14-8(20)4-5(9(21)15-11)16(2-13-4)10-7(19)6(18)3(1-17)22-10/h2-3,6-7,10,17-19H,1H2,(H3,12,14,15,20,21)/t3-,6-,7-,10+/m1/s1. The minimum Gasteiger partial charge on any atom is -0.394 e. The average molecular weight is 311 g/mol. The molecule has 0 spiro atoms. The van der Waals surface area contributed by atoms with Crippen LogP contribution >= 0.6 is 0 Å². The topological polar surface area (TPSA) is 177 Å². The second-order valence-electron chi connectivity index (χ2n) is 4.83. The molecule has 118 valence electrons. The van der Waals surface area contributed by atoms with Crippen molar-refractivity contribution in [2.45, 2.75) is 24.5 Å². The first-order valence-corrected chi connectivity index (χ1v) is 6.33. The zero-order valence-electron chi connectivity index (χ0n) is 11.1. The molecular formula is C11H13N5O6. The van der Waals surface area contributed by atoms with Crippen molar-refractivity contribution < 1.29 is 20.1 Å². The molecule has 3 heterocycles. The zero-order valence-corrected chi connectivity index (χ0v) is 11.1. The smallest absolute Gasteiger partial charge is 0.301 e. The number of nitrogens with one attached hydrogen (secondary N) is 1. The maximum Gasteiger partial charge on any atom is 0.301 e. The van der Waals surface area contributed by atoms with E-state index in [9.17, 15) is 19.8 Å². The maximum atomic E-state index is 12.1. The van der Waals surface area contributed by atoms with Crippen molar-refractivity contribution in [3.8, 4) is 0 Å².